The van der Waals surface area contributed by atoms with Crippen LogP contribution in [-0.4, -0.2) is 21.4 Å². The Balaban J connectivity index is 1.61. The molecule has 6 nitrogen and oxygen atoms in total. The number of amides is 1. The van der Waals surface area contributed by atoms with Crippen LogP contribution < -0.4 is 14.4 Å². The number of benzene rings is 4. The number of sulfone groups is 1. The summed E-state index contributed by atoms with van der Waals surface area (Å²) < 4.78 is 39.1. The highest BCUT2D eigenvalue weighted by molar-refractivity contribution is 7.97. The van der Waals surface area contributed by atoms with Crippen LogP contribution >= 0.6 is 0 Å². The molecule has 180 valence electrons. The molecule has 1 aliphatic rings. The fraction of sp³-hybridized carbons (Fsp3) is 0.0690. The Kier molecular flexibility index (Phi) is 6.31. The largest absolute Gasteiger partial charge is 0.495 e. The summed E-state index contributed by atoms with van der Waals surface area (Å²) in [6, 6.07) is 31.8. The van der Waals surface area contributed by atoms with Crippen molar-refractivity contribution in [2.75, 3.05) is 12.0 Å². The van der Waals surface area contributed by atoms with Crippen molar-refractivity contribution < 1.29 is 22.7 Å². The van der Waals surface area contributed by atoms with Gasteiger partial charge in [0.25, 0.3) is 5.91 Å². The highest BCUT2D eigenvalue weighted by Crippen LogP contribution is 2.46. The van der Waals surface area contributed by atoms with Crippen molar-refractivity contribution in [2.45, 2.75) is 5.37 Å². The molecular formula is C29H23NO5S. The van der Waals surface area contributed by atoms with Gasteiger partial charge in [0.1, 0.15) is 22.2 Å². The van der Waals surface area contributed by atoms with Crippen LogP contribution in [0.1, 0.15) is 16.5 Å². The van der Waals surface area contributed by atoms with Crippen molar-refractivity contribution in [3.05, 3.63) is 125 Å². The Morgan fingerprint density at radius 2 is 1.42 bits per heavy atom. The van der Waals surface area contributed by atoms with Crippen LogP contribution in [0.15, 0.2) is 114 Å². The lowest BCUT2D eigenvalue weighted by Crippen LogP contribution is -2.29. The van der Waals surface area contributed by atoms with Crippen LogP contribution in [0.5, 0.6) is 17.2 Å². The quantitative estimate of drug-likeness (QED) is 0.306. The van der Waals surface area contributed by atoms with E-state index in [1.165, 1.54) is 18.1 Å². The Morgan fingerprint density at radius 3 is 2.14 bits per heavy atom. The molecule has 1 heterocycles. The second-order valence-electron chi connectivity index (χ2n) is 8.15. The van der Waals surface area contributed by atoms with Crippen molar-refractivity contribution in [3.8, 4) is 17.2 Å². The number of nitrogens with zero attached hydrogens (tertiary/aromatic N) is 1. The normalized spacial score (nSPS) is 17.8. The van der Waals surface area contributed by atoms with Crippen LogP contribution in [0.2, 0.25) is 0 Å². The maximum absolute atomic E-state index is 13.9. The van der Waals surface area contributed by atoms with E-state index in [-0.39, 0.29) is 4.91 Å². The van der Waals surface area contributed by atoms with Gasteiger partial charge in [0.2, 0.25) is 9.84 Å². The first-order valence-corrected chi connectivity index (χ1v) is 12.8. The minimum absolute atomic E-state index is 0.292. The van der Waals surface area contributed by atoms with E-state index in [1.807, 2.05) is 30.3 Å². The number of anilines is 1. The van der Waals surface area contributed by atoms with Gasteiger partial charge in [-0.15, -0.1) is 0 Å². The van der Waals surface area contributed by atoms with Gasteiger partial charge < -0.3 is 9.47 Å². The third kappa shape index (κ3) is 4.36. The summed E-state index contributed by atoms with van der Waals surface area (Å²) in [4.78, 5) is 14.7. The maximum atomic E-state index is 13.9. The topological polar surface area (TPSA) is 72.9 Å². The lowest BCUT2D eigenvalue weighted by Gasteiger charge is -2.24. The number of carbonyl (C=O) groups excluding carboxylic acids is 1. The van der Waals surface area contributed by atoms with Crippen LogP contribution in [0.4, 0.5) is 5.69 Å². The maximum Gasteiger partial charge on any atom is 0.271 e. The molecule has 4 aromatic rings. The fourth-order valence-electron chi connectivity index (χ4n) is 4.20. The Hall–Kier alpha value is -4.36. The van der Waals surface area contributed by atoms with E-state index in [0.29, 0.717) is 34.1 Å². The highest BCUT2D eigenvalue weighted by atomic mass is 32.2. The number of ether oxygens (including phenoxy) is 2. The number of rotatable bonds is 6. The molecule has 5 rings (SSSR count). The van der Waals surface area contributed by atoms with Gasteiger partial charge in [-0.3, -0.25) is 9.69 Å². The molecule has 1 amide bonds. The second kappa shape index (κ2) is 9.71. The lowest BCUT2D eigenvalue weighted by molar-refractivity contribution is -0.114. The average Bonchev–Trinajstić information content (AvgIpc) is 3.10. The molecule has 0 aliphatic carbocycles. The molecular weight excluding hydrogens is 474 g/mol. The molecule has 0 radical (unpaired) electrons. The van der Waals surface area contributed by atoms with Gasteiger partial charge >= 0.3 is 0 Å². The molecule has 1 saturated heterocycles. The van der Waals surface area contributed by atoms with Crippen molar-refractivity contribution in [1.29, 1.82) is 0 Å². The van der Waals surface area contributed by atoms with E-state index < -0.39 is 21.1 Å². The molecule has 1 aliphatic heterocycles. The van der Waals surface area contributed by atoms with Gasteiger partial charge in [-0.1, -0.05) is 72.8 Å². The third-order valence-electron chi connectivity index (χ3n) is 5.83. The van der Waals surface area contributed by atoms with Gasteiger partial charge in [0.15, 0.2) is 5.37 Å². The number of para-hydroxylation sites is 3. The van der Waals surface area contributed by atoms with E-state index >= 15 is 0 Å². The summed E-state index contributed by atoms with van der Waals surface area (Å²) in [5, 5.41) is -1.22. The van der Waals surface area contributed by atoms with Crippen LogP contribution in [0.25, 0.3) is 6.08 Å². The first-order chi connectivity index (χ1) is 17.5. The summed E-state index contributed by atoms with van der Waals surface area (Å²) in [5.41, 5.74) is 1.40. The van der Waals surface area contributed by atoms with Gasteiger partial charge in [-0.25, -0.2) is 8.42 Å². The van der Waals surface area contributed by atoms with Crippen LogP contribution in [-0.2, 0) is 14.6 Å². The predicted molar refractivity (Wildman–Crippen MR) is 140 cm³/mol. The molecule has 36 heavy (non-hydrogen) atoms. The van der Waals surface area contributed by atoms with Crippen LogP contribution in [0.3, 0.4) is 0 Å². The number of carbonyl (C=O) groups is 1. The van der Waals surface area contributed by atoms with E-state index in [0.717, 1.165) is 0 Å². The van der Waals surface area contributed by atoms with Crippen molar-refractivity contribution in [1.82, 2.24) is 0 Å². The molecule has 1 unspecified atom stereocenters. The zero-order chi connectivity index (χ0) is 25.1. The van der Waals surface area contributed by atoms with Crippen molar-refractivity contribution in [2.24, 2.45) is 0 Å². The fourth-order valence-corrected chi connectivity index (χ4v) is 6.09. The summed E-state index contributed by atoms with van der Waals surface area (Å²) in [7, 11) is -2.59. The van der Waals surface area contributed by atoms with Crippen molar-refractivity contribution >= 4 is 27.5 Å². The monoisotopic (exact) mass is 497 g/mol. The van der Waals surface area contributed by atoms with Crippen LogP contribution in [0, 0.1) is 0 Å². The Bertz CT molecular complexity index is 1530. The van der Waals surface area contributed by atoms with Gasteiger partial charge in [0, 0.05) is 0 Å². The van der Waals surface area contributed by atoms with E-state index in [2.05, 4.69) is 0 Å². The molecule has 0 bridgehead atoms. The molecule has 7 heteroatoms. The first kappa shape index (κ1) is 23.4. The Labute approximate surface area is 210 Å². The molecule has 0 saturated carbocycles. The van der Waals surface area contributed by atoms with Gasteiger partial charge in [-0.05, 0) is 53.6 Å². The minimum Gasteiger partial charge on any atom is -0.495 e. The zero-order valence-corrected chi connectivity index (χ0v) is 20.3. The minimum atomic E-state index is -4.08. The molecule has 0 aromatic heterocycles. The van der Waals surface area contributed by atoms with Gasteiger partial charge in [0.05, 0.1) is 12.8 Å². The van der Waals surface area contributed by atoms with E-state index in [4.69, 9.17) is 9.47 Å². The number of hydrogen-bond donors (Lipinski definition) is 0. The number of hydrogen-bond acceptors (Lipinski definition) is 5. The van der Waals surface area contributed by atoms with E-state index in [1.54, 1.807) is 78.9 Å². The summed E-state index contributed by atoms with van der Waals surface area (Å²) in [6.45, 7) is 0. The standard InChI is InChI=1S/C29H23NO5S/c1-34-26-18-9-8-17-25(26)30-28(31)27(36(32,33)29(30)22-12-4-2-5-13-22)20-21-11-10-16-24(19-21)35-23-14-6-3-7-15-23/h2-20,29H,1H3/b27-20+. The Morgan fingerprint density at radius 1 is 0.778 bits per heavy atom. The smallest absolute Gasteiger partial charge is 0.271 e. The molecule has 0 N–H and O–H groups in total. The predicted octanol–water partition coefficient (Wildman–Crippen LogP) is 5.99. The first-order valence-electron chi connectivity index (χ1n) is 11.3. The van der Waals surface area contributed by atoms with Crippen molar-refractivity contribution in [3.63, 3.8) is 0 Å². The lowest BCUT2D eigenvalue weighted by atomic mass is 10.1. The third-order valence-corrected chi connectivity index (χ3v) is 7.81. The molecule has 0 spiro atoms. The highest BCUT2D eigenvalue weighted by Gasteiger charge is 2.50. The molecule has 1 atom stereocenters. The second-order valence-corrected chi connectivity index (χ2v) is 10.1. The van der Waals surface area contributed by atoms with E-state index in [9.17, 15) is 13.2 Å². The summed E-state index contributed by atoms with van der Waals surface area (Å²) >= 11 is 0. The zero-order valence-electron chi connectivity index (χ0n) is 19.4. The average molecular weight is 498 g/mol. The summed E-state index contributed by atoms with van der Waals surface area (Å²) in [6.07, 6.45) is 1.40. The number of methoxy groups -OCH3 is 1. The molecule has 4 aromatic carbocycles. The SMILES string of the molecule is COc1ccccc1N1C(=O)/C(=C\c2cccc(Oc3ccccc3)c2)S(=O)(=O)C1c1ccccc1. The van der Waals surface area contributed by atoms with Gasteiger partial charge in [-0.2, -0.15) is 0 Å². The molecule has 1 fully saturated rings. The summed E-state index contributed by atoms with van der Waals surface area (Å²) in [5.74, 6) is 0.960.